The number of rotatable bonds is 18. The summed E-state index contributed by atoms with van der Waals surface area (Å²) >= 11 is 0. The molecule has 0 aromatic heterocycles. The van der Waals surface area contributed by atoms with Crippen molar-refractivity contribution in [2.75, 3.05) is 26.9 Å². The molecule has 9 nitrogen and oxygen atoms in total. The van der Waals surface area contributed by atoms with Gasteiger partial charge < -0.3 is 23.7 Å². The first-order chi connectivity index (χ1) is 23.4. The third-order valence-electron chi connectivity index (χ3n) is 7.09. The molecule has 0 aliphatic carbocycles. The highest BCUT2D eigenvalue weighted by molar-refractivity contribution is 5.95. The molecule has 4 rings (SSSR count). The van der Waals surface area contributed by atoms with Gasteiger partial charge in [-0.1, -0.05) is 91.0 Å². The summed E-state index contributed by atoms with van der Waals surface area (Å²) in [6.45, 7) is 0.695. The Morgan fingerprint density at radius 3 is 1.73 bits per heavy atom. The zero-order chi connectivity index (χ0) is 34.1. The number of benzene rings is 4. The first-order valence-corrected chi connectivity index (χ1v) is 15.1. The van der Waals surface area contributed by atoms with E-state index in [-0.39, 0.29) is 33.0 Å². The second-order valence-corrected chi connectivity index (χ2v) is 10.6. The fourth-order valence-corrected chi connectivity index (χ4v) is 4.60. The van der Waals surface area contributed by atoms with Crippen molar-refractivity contribution in [1.82, 2.24) is 10.9 Å². The smallest absolute Gasteiger partial charge is 0.269 e. The van der Waals surface area contributed by atoms with Crippen LogP contribution in [0.15, 0.2) is 103 Å². The average molecular weight is 667 g/mol. The normalized spacial score (nSPS) is 13.0. The number of methoxy groups -OCH3 is 1. The fourth-order valence-electron chi connectivity index (χ4n) is 4.60. The minimum atomic E-state index is -1.72. The standard InChI is InChI=1S/C36H37F3N2O7/c1-44-36(47-18-17-45-21-25-11-5-2-6-12-25)33(48-23-27-15-9-4-10-16-27)29(24-46-22-26-13-7-3-8-14-26)35(43)41-40-34(42)28-19-30(37)32(39)31(38)20-28/h2-16,19-20,29,33,36H,17-18,21-24H2,1H3,(H,40,42)(H,41,43)/t29-,33?,36?/m1/s1. The number of amides is 2. The lowest BCUT2D eigenvalue weighted by atomic mass is 10.0. The van der Waals surface area contributed by atoms with Crippen LogP contribution in [0.2, 0.25) is 0 Å². The van der Waals surface area contributed by atoms with Crippen molar-refractivity contribution in [3.05, 3.63) is 143 Å². The number of carbonyl (C=O) groups is 2. The Morgan fingerprint density at radius 2 is 1.19 bits per heavy atom. The van der Waals surface area contributed by atoms with Gasteiger partial charge in [0.25, 0.3) is 5.91 Å². The molecule has 254 valence electrons. The van der Waals surface area contributed by atoms with Gasteiger partial charge in [0.1, 0.15) is 6.10 Å². The molecular weight excluding hydrogens is 629 g/mol. The minimum Gasteiger partial charge on any atom is -0.376 e. The molecule has 48 heavy (non-hydrogen) atoms. The second-order valence-electron chi connectivity index (χ2n) is 10.6. The summed E-state index contributed by atoms with van der Waals surface area (Å²) in [6.07, 6.45) is -2.18. The highest BCUT2D eigenvalue weighted by atomic mass is 19.2. The molecule has 2 unspecified atom stereocenters. The summed E-state index contributed by atoms with van der Waals surface area (Å²) in [6, 6.07) is 29.1. The largest absolute Gasteiger partial charge is 0.376 e. The van der Waals surface area contributed by atoms with Gasteiger partial charge >= 0.3 is 0 Å². The van der Waals surface area contributed by atoms with Gasteiger partial charge in [0.05, 0.1) is 45.6 Å². The maximum Gasteiger partial charge on any atom is 0.269 e. The van der Waals surface area contributed by atoms with Gasteiger partial charge in [-0.05, 0) is 28.8 Å². The lowest BCUT2D eigenvalue weighted by Crippen LogP contribution is -2.52. The van der Waals surface area contributed by atoms with E-state index >= 15 is 0 Å². The fraction of sp³-hybridized carbons (Fsp3) is 0.278. The number of hydrogen-bond donors (Lipinski definition) is 2. The van der Waals surface area contributed by atoms with E-state index in [0.29, 0.717) is 18.7 Å². The summed E-state index contributed by atoms with van der Waals surface area (Å²) in [4.78, 5) is 26.3. The number of halogens is 3. The number of nitrogens with one attached hydrogen (secondary N) is 2. The monoisotopic (exact) mass is 666 g/mol. The van der Waals surface area contributed by atoms with Gasteiger partial charge in [-0.3, -0.25) is 20.4 Å². The summed E-state index contributed by atoms with van der Waals surface area (Å²) in [7, 11) is 1.40. The quantitative estimate of drug-likeness (QED) is 0.0627. The van der Waals surface area contributed by atoms with Crippen LogP contribution in [-0.2, 0) is 48.3 Å². The molecule has 4 aromatic rings. The maximum absolute atomic E-state index is 13.7. The Kier molecular flexibility index (Phi) is 14.6. The Labute approximate surface area is 276 Å². The minimum absolute atomic E-state index is 0.0716. The average Bonchev–Trinajstić information content (AvgIpc) is 3.11. The van der Waals surface area contributed by atoms with Crippen LogP contribution in [0.5, 0.6) is 0 Å². The lowest BCUT2D eigenvalue weighted by Gasteiger charge is -2.32. The first-order valence-electron chi connectivity index (χ1n) is 15.1. The molecule has 0 saturated carbocycles. The molecule has 0 aliphatic rings. The highest BCUT2D eigenvalue weighted by Gasteiger charge is 2.37. The van der Waals surface area contributed by atoms with Crippen LogP contribution in [0.1, 0.15) is 27.0 Å². The van der Waals surface area contributed by atoms with E-state index in [1.165, 1.54) is 7.11 Å². The van der Waals surface area contributed by atoms with Crippen LogP contribution in [0, 0.1) is 23.4 Å². The maximum atomic E-state index is 13.7. The Hall–Kier alpha value is -4.59. The molecule has 3 atom stereocenters. The summed E-state index contributed by atoms with van der Waals surface area (Å²) in [5, 5.41) is 0. The van der Waals surface area contributed by atoms with Crippen molar-refractivity contribution in [2.24, 2.45) is 5.92 Å². The van der Waals surface area contributed by atoms with E-state index in [1.807, 2.05) is 91.0 Å². The molecule has 2 amide bonds. The molecule has 4 aromatic carbocycles. The Bertz CT molecular complexity index is 1540. The molecule has 0 heterocycles. The molecule has 0 bridgehead atoms. The van der Waals surface area contributed by atoms with Gasteiger partial charge in [-0.2, -0.15) is 0 Å². The number of hydrogen-bond acceptors (Lipinski definition) is 7. The summed E-state index contributed by atoms with van der Waals surface area (Å²) < 4.78 is 70.5. The highest BCUT2D eigenvalue weighted by Crippen LogP contribution is 2.21. The zero-order valence-electron chi connectivity index (χ0n) is 26.3. The van der Waals surface area contributed by atoms with Crippen LogP contribution in [0.25, 0.3) is 0 Å². The van der Waals surface area contributed by atoms with E-state index < -0.39 is 53.1 Å². The van der Waals surface area contributed by atoms with Crippen molar-refractivity contribution in [2.45, 2.75) is 32.2 Å². The van der Waals surface area contributed by atoms with Crippen molar-refractivity contribution in [3.63, 3.8) is 0 Å². The van der Waals surface area contributed by atoms with Gasteiger partial charge in [0, 0.05) is 12.7 Å². The van der Waals surface area contributed by atoms with Gasteiger partial charge in [0.2, 0.25) is 5.91 Å². The lowest BCUT2D eigenvalue weighted by molar-refractivity contribution is -0.220. The molecule has 0 fully saturated rings. The molecule has 0 aliphatic heterocycles. The summed E-state index contributed by atoms with van der Waals surface area (Å²) in [5.74, 6) is -7.83. The van der Waals surface area contributed by atoms with E-state index in [1.54, 1.807) is 0 Å². The first kappa shape index (κ1) is 36.2. The van der Waals surface area contributed by atoms with Crippen LogP contribution >= 0.6 is 0 Å². The molecule has 0 saturated heterocycles. The van der Waals surface area contributed by atoms with Crippen LogP contribution < -0.4 is 10.9 Å². The third kappa shape index (κ3) is 11.3. The molecule has 2 N–H and O–H groups in total. The van der Waals surface area contributed by atoms with E-state index in [0.717, 1.165) is 16.7 Å². The van der Waals surface area contributed by atoms with Crippen molar-refractivity contribution in [1.29, 1.82) is 0 Å². The predicted octanol–water partition coefficient (Wildman–Crippen LogP) is 5.49. The Morgan fingerprint density at radius 1 is 0.667 bits per heavy atom. The van der Waals surface area contributed by atoms with Gasteiger partial charge in [0.15, 0.2) is 23.7 Å². The number of ether oxygens (including phenoxy) is 5. The number of carbonyl (C=O) groups excluding carboxylic acids is 2. The van der Waals surface area contributed by atoms with Crippen LogP contribution in [0.3, 0.4) is 0 Å². The topological polar surface area (TPSA) is 104 Å². The molecule has 0 radical (unpaired) electrons. The van der Waals surface area contributed by atoms with E-state index in [9.17, 15) is 22.8 Å². The Balaban J connectivity index is 1.50. The molecular formula is C36H37F3N2O7. The van der Waals surface area contributed by atoms with Crippen LogP contribution in [0.4, 0.5) is 13.2 Å². The van der Waals surface area contributed by atoms with Crippen molar-refractivity contribution in [3.8, 4) is 0 Å². The molecule has 0 spiro atoms. The second kappa shape index (κ2) is 19.3. The van der Waals surface area contributed by atoms with E-state index in [4.69, 9.17) is 23.7 Å². The van der Waals surface area contributed by atoms with Crippen molar-refractivity contribution < 1.29 is 46.4 Å². The zero-order valence-corrected chi connectivity index (χ0v) is 26.3. The third-order valence-corrected chi connectivity index (χ3v) is 7.09. The van der Waals surface area contributed by atoms with E-state index in [2.05, 4.69) is 10.9 Å². The number of hydrazine groups is 1. The van der Waals surface area contributed by atoms with Gasteiger partial charge in [-0.15, -0.1) is 0 Å². The molecule has 12 heteroatoms. The van der Waals surface area contributed by atoms with Gasteiger partial charge in [-0.25, -0.2) is 13.2 Å². The predicted molar refractivity (Wildman–Crippen MR) is 169 cm³/mol. The summed E-state index contributed by atoms with van der Waals surface area (Å²) in [5.41, 5.74) is 6.48. The SMILES string of the molecule is COC(OCCOCc1ccccc1)C(OCc1ccccc1)[C@@H](COCc1ccccc1)C(=O)NNC(=O)c1cc(F)c(F)c(F)c1. The van der Waals surface area contributed by atoms with Crippen LogP contribution in [-0.4, -0.2) is 51.1 Å². The van der Waals surface area contributed by atoms with Crippen molar-refractivity contribution >= 4 is 11.8 Å².